The molecule has 0 aliphatic carbocycles. The number of carbonyl (C=O) groups is 1. The summed E-state index contributed by atoms with van der Waals surface area (Å²) in [7, 11) is 0. The number of rotatable bonds is 7. The number of amides is 1. The predicted octanol–water partition coefficient (Wildman–Crippen LogP) is 4.54. The Balaban J connectivity index is 1.48. The summed E-state index contributed by atoms with van der Waals surface area (Å²) in [4.78, 5) is 16.9. The summed E-state index contributed by atoms with van der Waals surface area (Å²) in [6, 6.07) is 13.3. The van der Waals surface area contributed by atoms with Crippen molar-refractivity contribution in [3.8, 4) is 5.75 Å². The van der Waals surface area contributed by atoms with Crippen LogP contribution in [0.3, 0.4) is 0 Å². The summed E-state index contributed by atoms with van der Waals surface area (Å²) in [5.41, 5.74) is 1.61. The maximum absolute atomic E-state index is 12.3. The molecule has 5 nitrogen and oxygen atoms in total. The SMILES string of the molecule is CCOc1ccccc1N1CCN(CCC(=O)Nc2c(Cl)cccc2Cl)CC1. The third kappa shape index (κ3) is 5.31. The quantitative estimate of drug-likeness (QED) is 0.712. The Kier molecular flexibility index (Phi) is 7.43. The normalized spacial score (nSPS) is 14.8. The van der Waals surface area contributed by atoms with E-state index in [1.807, 2.05) is 25.1 Å². The minimum atomic E-state index is -0.0841. The van der Waals surface area contributed by atoms with Gasteiger partial charge < -0.3 is 15.0 Å². The molecule has 0 spiro atoms. The van der Waals surface area contributed by atoms with Gasteiger partial charge >= 0.3 is 0 Å². The summed E-state index contributed by atoms with van der Waals surface area (Å²) in [6.45, 7) is 6.97. The zero-order valence-corrected chi connectivity index (χ0v) is 17.5. The highest BCUT2D eigenvalue weighted by molar-refractivity contribution is 6.39. The topological polar surface area (TPSA) is 44.8 Å². The van der Waals surface area contributed by atoms with Gasteiger partial charge in [0, 0.05) is 39.1 Å². The van der Waals surface area contributed by atoms with E-state index in [2.05, 4.69) is 21.2 Å². The van der Waals surface area contributed by atoms with E-state index in [1.165, 1.54) is 0 Å². The van der Waals surface area contributed by atoms with E-state index in [9.17, 15) is 4.79 Å². The number of benzene rings is 2. The Morgan fingerprint density at radius 3 is 2.39 bits per heavy atom. The number of hydrogen-bond acceptors (Lipinski definition) is 4. The van der Waals surface area contributed by atoms with Crippen LogP contribution in [0.15, 0.2) is 42.5 Å². The van der Waals surface area contributed by atoms with E-state index >= 15 is 0 Å². The van der Waals surface area contributed by atoms with Crippen LogP contribution in [0.4, 0.5) is 11.4 Å². The van der Waals surface area contributed by atoms with E-state index in [0.717, 1.165) is 37.6 Å². The highest BCUT2D eigenvalue weighted by atomic mass is 35.5. The van der Waals surface area contributed by atoms with E-state index in [4.69, 9.17) is 27.9 Å². The summed E-state index contributed by atoms with van der Waals surface area (Å²) < 4.78 is 5.74. The van der Waals surface area contributed by atoms with Gasteiger partial charge in [-0.2, -0.15) is 0 Å². The van der Waals surface area contributed by atoms with Crippen LogP contribution >= 0.6 is 23.2 Å². The zero-order chi connectivity index (χ0) is 19.9. The van der Waals surface area contributed by atoms with Crippen LogP contribution in [0.5, 0.6) is 5.75 Å². The minimum absolute atomic E-state index is 0.0841. The first-order chi connectivity index (χ1) is 13.6. The smallest absolute Gasteiger partial charge is 0.225 e. The summed E-state index contributed by atoms with van der Waals surface area (Å²) in [5, 5.41) is 3.71. The molecule has 0 aromatic heterocycles. The van der Waals surface area contributed by atoms with Crippen molar-refractivity contribution < 1.29 is 9.53 Å². The number of nitrogens with one attached hydrogen (secondary N) is 1. The van der Waals surface area contributed by atoms with Crippen molar-refractivity contribution in [2.24, 2.45) is 0 Å². The molecule has 28 heavy (non-hydrogen) atoms. The molecule has 0 bridgehead atoms. The van der Waals surface area contributed by atoms with Gasteiger partial charge in [0.25, 0.3) is 0 Å². The minimum Gasteiger partial charge on any atom is -0.492 e. The second-order valence-electron chi connectivity index (χ2n) is 6.62. The van der Waals surface area contributed by atoms with E-state index in [1.54, 1.807) is 18.2 Å². The average molecular weight is 422 g/mol. The summed E-state index contributed by atoms with van der Waals surface area (Å²) >= 11 is 12.2. The Bertz CT molecular complexity index is 788. The molecule has 0 radical (unpaired) electrons. The molecule has 1 fully saturated rings. The van der Waals surface area contributed by atoms with Crippen LogP contribution in [-0.2, 0) is 4.79 Å². The van der Waals surface area contributed by atoms with Gasteiger partial charge in [0.2, 0.25) is 5.91 Å². The van der Waals surface area contributed by atoms with Crippen molar-refractivity contribution in [1.82, 2.24) is 4.90 Å². The molecular formula is C21H25Cl2N3O2. The van der Waals surface area contributed by atoms with Gasteiger partial charge in [-0.1, -0.05) is 41.4 Å². The van der Waals surface area contributed by atoms with Crippen molar-refractivity contribution in [2.75, 3.05) is 49.5 Å². The van der Waals surface area contributed by atoms with Gasteiger partial charge in [-0.15, -0.1) is 0 Å². The fourth-order valence-corrected chi connectivity index (χ4v) is 3.78. The third-order valence-electron chi connectivity index (χ3n) is 4.76. The molecule has 0 unspecified atom stereocenters. The van der Waals surface area contributed by atoms with Crippen LogP contribution in [0.2, 0.25) is 10.0 Å². The molecule has 1 saturated heterocycles. The van der Waals surface area contributed by atoms with Crippen LogP contribution in [0.1, 0.15) is 13.3 Å². The van der Waals surface area contributed by atoms with E-state index < -0.39 is 0 Å². The fourth-order valence-electron chi connectivity index (χ4n) is 3.29. The lowest BCUT2D eigenvalue weighted by Gasteiger charge is -2.36. The molecule has 2 aromatic rings. The maximum Gasteiger partial charge on any atom is 0.225 e. The Labute approximate surface area is 176 Å². The number of piperazine rings is 1. The van der Waals surface area contributed by atoms with E-state index in [-0.39, 0.29) is 5.91 Å². The molecule has 1 N–H and O–H groups in total. The molecule has 150 valence electrons. The highest BCUT2D eigenvalue weighted by Gasteiger charge is 2.20. The third-order valence-corrected chi connectivity index (χ3v) is 5.39. The average Bonchev–Trinajstić information content (AvgIpc) is 2.70. The molecular weight excluding hydrogens is 397 g/mol. The molecule has 1 aliphatic rings. The number of ether oxygens (including phenoxy) is 1. The molecule has 3 rings (SSSR count). The molecule has 0 saturated carbocycles. The van der Waals surface area contributed by atoms with Gasteiger partial charge in [-0.05, 0) is 31.2 Å². The lowest BCUT2D eigenvalue weighted by atomic mass is 10.2. The largest absolute Gasteiger partial charge is 0.492 e. The van der Waals surface area contributed by atoms with E-state index in [0.29, 0.717) is 35.3 Å². The van der Waals surface area contributed by atoms with Crippen LogP contribution in [0.25, 0.3) is 0 Å². The van der Waals surface area contributed by atoms with Gasteiger partial charge in [0.05, 0.1) is 28.0 Å². The maximum atomic E-state index is 12.3. The number of hydrogen-bond donors (Lipinski definition) is 1. The second kappa shape index (κ2) is 10.0. The van der Waals surface area contributed by atoms with Crippen molar-refractivity contribution in [2.45, 2.75) is 13.3 Å². The van der Waals surface area contributed by atoms with Crippen LogP contribution in [-0.4, -0.2) is 50.1 Å². The monoisotopic (exact) mass is 421 g/mol. The van der Waals surface area contributed by atoms with Gasteiger partial charge in [-0.3, -0.25) is 9.69 Å². The standard InChI is InChI=1S/C21H25Cl2N3O2/c1-2-28-19-9-4-3-8-18(19)26-14-12-25(13-15-26)11-10-20(27)24-21-16(22)6-5-7-17(21)23/h3-9H,2,10-15H2,1H3,(H,24,27). The molecule has 1 heterocycles. The van der Waals surface area contributed by atoms with Gasteiger partial charge in [-0.25, -0.2) is 0 Å². The van der Waals surface area contributed by atoms with Crippen molar-refractivity contribution >= 4 is 40.5 Å². The first kappa shape index (κ1) is 20.8. The summed E-state index contributed by atoms with van der Waals surface area (Å²) in [6.07, 6.45) is 0.400. The van der Waals surface area contributed by atoms with Crippen molar-refractivity contribution in [1.29, 1.82) is 0 Å². The van der Waals surface area contributed by atoms with Crippen molar-refractivity contribution in [3.63, 3.8) is 0 Å². The Morgan fingerprint density at radius 1 is 1.04 bits per heavy atom. The number of carbonyl (C=O) groups excluding carboxylic acids is 1. The predicted molar refractivity (Wildman–Crippen MR) is 116 cm³/mol. The number of anilines is 2. The van der Waals surface area contributed by atoms with Crippen molar-refractivity contribution in [3.05, 3.63) is 52.5 Å². The second-order valence-corrected chi connectivity index (χ2v) is 7.44. The van der Waals surface area contributed by atoms with Crippen LogP contribution in [0, 0.1) is 0 Å². The molecule has 1 aliphatic heterocycles. The molecule has 7 heteroatoms. The Morgan fingerprint density at radius 2 is 1.71 bits per heavy atom. The molecule has 2 aromatic carbocycles. The fraction of sp³-hybridized carbons (Fsp3) is 0.381. The number of nitrogens with zero attached hydrogens (tertiary/aromatic N) is 2. The number of para-hydroxylation sites is 3. The van der Waals surface area contributed by atoms with Gasteiger partial charge in [0.1, 0.15) is 5.75 Å². The lowest BCUT2D eigenvalue weighted by molar-refractivity contribution is -0.116. The van der Waals surface area contributed by atoms with Gasteiger partial charge in [0.15, 0.2) is 0 Å². The molecule has 0 atom stereocenters. The first-order valence-electron chi connectivity index (χ1n) is 9.51. The highest BCUT2D eigenvalue weighted by Crippen LogP contribution is 2.30. The zero-order valence-electron chi connectivity index (χ0n) is 16.0. The number of halogens is 2. The molecule has 1 amide bonds. The summed E-state index contributed by atoms with van der Waals surface area (Å²) in [5.74, 6) is 0.841. The first-order valence-corrected chi connectivity index (χ1v) is 10.3. The van der Waals surface area contributed by atoms with Crippen LogP contribution < -0.4 is 15.0 Å². The Hall–Kier alpha value is -1.95. The lowest BCUT2D eigenvalue weighted by Crippen LogP contribution is -2.47.